The van der Waals surface area contributed by atoms with Crippen LogP contribution in [-0.2, 0) is 0 Å². The molecule has 0 radical (unpaired) electrons. The van der Waals surface area contributed by atoms with E-state index in [1.54, 1.807) is 18.2 Å². The first kappa shape index (κ1) is 21.4. The average molecular weight is 447 g/mol. The first-order valence-electron chi connectivity index (χ1n) is 11.6. The van der Waals surface area contributed by atoms with Crippen LogP contribution in [0.15, 0.2) is 48.5 Å². The Morgan fingerprint density at radius 2 is 1.82 bits per heavy atom. The number of rotatable bonds is 6. The van der Waals surface area contributed by atoms with Gasteiger partial charge in [-0.1, -0.05) is 18.2 Å². The number of hydrogen-bond donors (Lipinski definition) is 2. The number of amides is 1. The van der Waals surface area contributed by atoms with Gasteiger partial charge >= 0.3 is 0 Å². The molecule has 1 aliphatic heterocycles. The minimum Gasteiger partial charge on any atom is -0.454 e. The maximum Gasteiger partial charge on any atom is 0.251 e. The topological polar surface area (TPSA) is 75.7 Å². The molecule has 1 saturated carbocycles. The molecule has 0 atom stereocenters. The number of pyridine rings is 1. The average Bonchev–Trinajstić information content (AvgIpc) is 3.31. The molecule has 2 N–H and O–H groups in total. The van der Waals surface area contributed by atoms with Crippen molar-refractivity contribution >= 4 is 28.3 Å². The van der Waals surface area contributed by atoms with Crippen LogP contribution < -0.4 is 25.0 Å². The fourth-order valence-corrected chi connectivity index (χ4v) is 4.70. The summed E-state index contributed by atoms with van der Waals surface area (Å²) in [6.45, 7) is 0.905. The van der Waals surface area contributed by atoms with E-state index >= 15 is 0 Å². The van der Waals surface area contributed by atoms with Crippen molar-refractivity contribution in [2.24, 2.45) is 5.92 Å². The summed E-state index contributed by atoms with van der Waals surface area (Å²) in [6, 6.07) is 16.1. The molecule has 33 heavy (non-hydrogen) atoms. The molecular formula is C26H30N4O3. The minimum atomic E-state index is -0.0647. The van der Waals surface area contributed by atoms with Gasteiger partial charge in [0.2, 0.25) is 6.79 Å². The Labute approximate surface area is 194 Å². The third-order valence-electron chi connectivity index (χ3n) is 6.56. The van der Waals surface area contributed by atoms with Crippen LogP contribution in [0.25, 0.3) is 10.9 Å². The van der Waals surface area contributed by atoms with Gasteiger partial charge in [-0.05, 0) is 55.9 Å². The molecule has 1 aromatic heterocycles. The number of fused-ring (bicyclic) bond motifs is 2. The summed E-state index contributed by atoms with van der Waals surface area (Å²) in [7, 11) is 4.13. The van der Waals surface area contributed by atoms with Crippen molar-refractivity contribution < 1.29 is 14.3 Å². The smallest absolute Gasteiger partial charge is 0.251 e. The first-order chi connectivity index (χ1) is 16.1. The molecule has 5 rings (SSSR count). The van der Waals surface area contributed by atoms with E-state index < -0.39 is 0 Å². The molecule has 2 aliphatic rings. The molecule has 0 bridgehead atoms. The number of benzene rings is 2. The van der Waals surface area contributed by atoms with Crippen LogP contribution in [0.2, 0.25) is 0 Å². The van der Waals surface area contributed by atoms with Gasteiger partial charge < -0.3 is 25.0 Å². The third kappa shape index (κ3) is 4.67. The van der Waals surface area contributed by atoms with Gasteiger partial charge in [0.1, 0.15) is 5.82 Å². The fourth-order valence-electron chi connectivity index (χ4n) is 4.70. The van der Waals surface area contributed by atoms with Gasteiger partial charge in [0.15, 0.2) is 11.5 Å². The number of hydrogen-bond acceptors (Lipinski definition) is 6. The minimum absolute atomic E-state index is 0.0647. The highest BCUT2D eigenvalue weighted by molar-refractivity contribution is 5.95. The summed E-state index contributed by atoms with van der Waals surface area (Å²) >= 11 is 0. The van der Waals surface area contributed by atoms with Crippen molar-refractivity contribution in [1.29, 1.82) is 0 Å². The van der Waals surface area contributed by atoms with Crippen LogP contribution in [-0.4, -0.2) is 44.4 Å². The van der Waals surface area contributed by atoms with Crippen LogP contribution in [0.5, 0.6) is 11.5 Å². The maximum atomic E-state index is 12.6. The van der Waals surface area contributed by atoms with E-state index in [0.717, 1.165) is 42.4 Å². The molecule has 172 valence electrons. The monoisotopic (exact) mass is 446 g/mol. The Hall–Kier alpha value is -3.48. The Kier molecular flexibility index (Phi) is 5.94. The van der Waals surface area contributed by atoms with Crippen LogP contribution >= 0.6 is 0 Å². The second kappa shape index (κ2) is 9.17. The van der Waals surface area contributed by atoms with Crippen molar-refractivity contribution in [3.8, 4) is 11.5 Å². The normalized spacial score (nSPS) is 19.3. The van der Waals surface area contributed by atoms with Crippen LogP contribution in [0.3, 0.4) is 0 Å². The van der Waals surface area contributed by atoms with Gasteiger partial charge in [-0.25, -0.2) is 4.98 Å². The van der Waals surface area contributed by atoms with E-state index in [2.05, 4.69) is 53.9 Å². The third-order valence-corrected chi connectivity index (χ3v) is 6.56. The van der Waals surface area contributed by atoms with E-state index in [0.29, 0.717) is 35.6 Å². The second-order valence-electron chi connectivity index (χ2n) is 9.08. The molecule has 0 spiro atoms. The van der Waals surface area contributed by atoms with Gasteiger partial charge in [-0.2, -0.15) is 0 Å². The second-order valence-corrected chi connectivity index (χ2v) is 9.08. The number of anilines is 2. The molecule has 0 unspecified atom stereocenters. The van der Waals surface area contributed by atoms with Crippen molar-refractivity contribution in [2.45, 2.75) is 31.7 Å². The molecular weight excluding hydrogens is 416 g/mol. The standard InChI is InChI=1S/C26H30N4O3/c1-30(2)22-14-25(29-21-6-4-3-5-20(21)22)28-19-10-7-17(8-11-19)15-27-26(31)18-9-12-23-24(13-18)33-16-32-23/h3-6,9,12-14,17,19H,7-8,10-11,15-16H2,1-2H3,(H,27,31)(H,28,29)/t17-,19+. The number of aromatic nitrogens is 1. The fraction of sp³-hybridized carbons (Fsp3) is 0.385. The lowest BCUT2D eigenvalue weighted by Gasteiger charge is -2.30. The molecule has 0 saturated heterocycles. The number of nitrogens with zero attached hydrogens (tertiary/aromatic N) is 2. The number of ether oxygens (including phenoxy) is 2. The summed E-state index contributed by atoms with van der Waals surface area (Å²) in [5, 5.41) is 7.91. The van der Waals surface area contributed by atoms with E-state index in [-0.39, 0.29) is 12.7 Å². The highest BCUT2D eigenvalue weighted by Gasteiger charge is 2.23. The zero-order valence-corrected chi connectivity index (χ0v) is 19.1. The van der Waals surface area contributed by atoms with E-state index in [9.17, 15) is 4.79 Å². The Morgan fingerprint density at radius 3 is 2.64 bits per heavy atom. The van der Waals surface area contributed by atoms with Crippen molar-refractivity contribution in [1.82, 2.24) is 10.3 Å². The predicted octanol–water partition coefficient (Wildman–Crippen LogP) is 4.43. The summed E-state index contributed by atoms with van der Waals surface area (Å²) < 4.78 is 10.7. The van der Waals surface area contributed by atoms with Gasteiger partial charge in [0, 0.05) is 49.4 Å². The maximum absolute atomic E-state index is 12.6. The Morgan fingerprint density at radius 1 is 1.03 bits per heavy atom. The molecule has 2 aromatic carbocycles. The summed E-state index contributed by atoms with van der Waals surface area (Å²) in [4.78, 5) is 19.5. The van der Waals surface area contributed by atoms with Crippen molar-refractivity contribution in [3.63, 3.8) is 0 Å². The SMILES string of the molecule is CN(C)c1cc(N[C@H]2CC[C@@H](CNC(=O)c3ccc4c(c3)OCO4)CC2)nc2ccccc12. The highest BCUT2D eigenvalue weighted by Crippen LogP contribution is 2.33. The van der Waals surface area contributed by atoms with E-state index in [1.807, 2.05) is 6.07 Å². The Balaban J connectivity index is 1.14. The molecule has 7 heteroatoms. The number of carbonyl (C=O) groups excluding carboxylic acids is 1. The largest absolute Gasteiger partial charge is 0.454 e. The van der Waals surface area contributed by atoms with Crippen molar-refractivity contribution in [2.75, 3.05) is 37.6 Å². The highest BCUT2D eigenvalue weighted by atomic mass is 16.7. The van der Waals surface area contributed by atoms with Crippen LogP contribution in [0, 0.1) is 5.92 Å². The van der Waals surface area contributed by atoms with Gasteiger partial charge in [0.05, 0.1) is 5.52 Å². The molecule has 1 fully saturated rings. The number of nitrogens with one attached hydrogen (secondary N) is 2. The van der Waals surface area contributed by atoms with Gasteiger partial charge in [-0.15, -0.1) is 0 Å². The summed E-state index contributed by atoms with van der Waals surface area (Å²) in [6.07, 6.45) is 4.28. The lowest BCUT2D eigenvalue weighted by Crippen LogP contribution is -2.34. The number of para-hydroxylation sites is 1. The molecule has 1 amide bonds. The summed E-state index contributed by atoms with van der Waals surface area (Å²) in [5.41, 5.74) is 2.78. The van der Waals surface area contributed by atoms with Gasteiger partial charge in [0.25, 0.3) is 5.91 Å². The summed E-state index contributed by atoms with van der Waals surface area (Å²) in [5.74, 6) is 2.68. The van der Waals surface area contributed by atoms with Crippen molar-refractivity contribution in [3.05, 3.63) is 54.1 Å². The first-order valence-corrected chi connectivity index (χ1v) is 11.6. The van der Waals surface area contributed by atoms with E-state index in [1.165, 1.54) is 5.69 Å². The quantitative estimate of drug-likeness (QED) is 0.583. The molecule has 2 heterocycles. The molecule has 3 aromatic rings. The Bertz CT molecular complexity index is 1160. The van der Waals surface area contributed by atoms with Crippen LogP contribution in [0.4, 0.5) is 11.5 Å². The van der Waals surface area contributed by atoms with Crippen LogP contribution in [0.1, 0.15) is 36.0 Å². The van der Waals surface area contributed by atoms with E-state index in [4.69, 9.17) is 14.5 Å². The lowest BCUT2D eigenvalue weighted by molar-refractivity contribution is 0.0943. The lowest BCUT2D eigenvalue weighted by atomic mass is 9.86. The molecule has 1 aliphatic carbocycles. The number of carbonyl (C=O) groups is 1. The zero-order chi connectivity index (χ0) is 22.8. The van der Waals surface area contributed by atoms with Gasteiger partial charge in [-0.3, -0.25) is 4.79 Å². The predicted molar refractivity (Wildman–Crippen MR) is 130 cm³/mol. The zero-order valence-electron chi connectivity index (χ0n) is 19.1. The molecule has 7 nitrogen and oxygen atoms in total.